The van der Waals surface area contributed by atoms with E-state index >= 15 is 0 Å². The molecule has 2 saturated heterocycles. The van der Waals surface area contributed by atoms with Crippen molar-refractivity contribution in [3.05, 3.63) is 29.8 Å². The van der Waals surface area contributed by atoms with Crippen molar-refractivity contribution in [2.24, 2.45) is 0 Å². The molecule has 0 bridgehead atoms. The van der Waals surface area contributed by atoms with Crippen LogP contribution in [0.15, 0.2) is 24.3 Å². The molecule has 1 aromatic carbocycles. The topological polar surface area (TPSA) is 61.9 Å². The molecule has 2 atom stereocenters. The second kappa shape index (κ2) is 7.98. The molecular formula is C21H31N3O3. The number of nitrogens with one attached hydrogen (secondary N) is 1. The van der Waals surface area contributed by atoms with Gasteiger partial charge in [0.25, 0.3) is 5.91 Å². The lowest BCUT2D eigenvalue weighted by Gasteiger charge is -2.45. The molecule has 148 valence electrons. The lowest BCUT2D eigenvalue weighted by molar-refractivity contribution is -0.117. The number of carbonyl (C=O) groups is 2. The van der Waals surface area contributed by atoms with E-state index in [9.17, 15) is 9.59 Å². The molecule has 3 rings (SSSR count). The first-order chi connectivity index (χ1) is 12.8. The zero-order chi connectivity index (χ0) is 19.6. The third-order valence-electron chi connectivity index (χ3n) is 5.47. The summed E-state index contributed by atoms with van der Waals surface area (Å²) >= 11 is 0. The molecule has 0 saturated carbocycles. The molecule has 0 spiro atoms. The minimum absolute atomic E-state index is 0.0864. The standard InChI is InChI=1S/C21H31N3O3/c1-15-12-23(13-16(2)27-15)21(3,4)14-22-20(26)17-7-9-18(10-8-17)24-11-5-6-19(24)25/h7-10,15-16H,5-6,11-14H2,1-4H3,(H,22,26)/t15-,16-/m1/s1. The van der Waals surface area contributed by atoms with Crippen molar-refractivity contribution in [3.8, 4) is 0 Å². The molecular weight excluding hydrogens is 342 g/mol. The van der Waals surface area contributed by atoms with Gasteiger partial charge in [0.1, 0.15) is 0 Å². The lowest BCUT2D eigenvalue weighted by atomic mass is 10.00. The maximum absolute atomic E-state index is 12.6. The van der Waals surface area contributed by atoms with Gasteiger partial charge in [-0.3, -0.25) is 14.5 Å². The number of benzene rings is 1. The first kappa shape index (κ1) is 19.8. The summed E-state index contributed by atoms with van der Waals surface area (Å²) in [5.41, 5.74) is 1.33. The number of morpholine rings is 1. The summed E-state index contributed by atoms with van der Waals surface area (Å²) in [7, 11) is 0. The van der Waals surface area contributed by atoms with Crippen LogP contribution in [0.2, 0.25) is 0 Å². The number of rotatable bonds is 5. The lowest BCUT2D eigenvalue weighted by Crippen LogP contribution is -2.58. The molecule has 0 aliphatic carbocycles. The van der Waals surface area contributed by atoms with Crippen LogP contribution in [0.3, 0.4) is 0 Å². The van der Waals surface area contributed by atoms with Gasteiger partial charge in [0.05, 0.1) is 12.2 Å². The molecule has 2 aliphatic heterocycles. The van der Waals surface area contributed by atoms with Crippen molar-refractivity contribution in [3.63, 3.8) is 0 Å². The van der Waals surface area contributed by atoms with Gasteiger partial charge in [-0.25, -0.2) is 0 Å². The Morgan fingerprint density at radius 2 is 1.81 bits per heavy atom. The fourth-order valence-electron chi connectivity index (χ4n) is 3.90. The average Bonchev–Trinajstić information content (AvgIpc) is 3.05. The van der Waals surface area contributed by atoms with Crippen molar-refractivity contribution >= 4 is 17.5 Å². The Morgan fingerprint density at radius 1 is 1.19 bits per heavy atom. The summed E-state index contributed by atoms with van der Waals surface area (Å²) in [5.74, 6) is 0.0691. The van der Waals surface area contributed by atoms with E-state index in [0.717, 1.165) is 31.7 Å². The molecule has 6 nitrogen and oxygen atoms in total. The highest BCUT2D eigenvalue weighted by Gasteiger charge is 2.33. The number of hydrogen-bond acceptors (Lipinski definition) is 4. The molecule has 2 aliphatic rings. The zero-order valence-corrected chi connectivity index (χ0v) is 16.8. The zero-order valence-electron chi connectivity index (χ0n) is 16.8. The fourth-order valence-corrected chi connectivity index (χ4v) is 3.90. The van der Waals surface area contributed by atoms with Crippen LogP contribution in [0.25, 0.3) is 0 Å². The van der Waals surface area contributed by atoms with Gasteiger partial charge in [-0.1, -0.05) is 0 Å². The van der Waals surface area contributed by atoms with Crippen molar-refractivity contribution in [1.29, 1.82) is 0 Å². The number of anilines is 1. The Hall–Kier alpha value is -1.92. The number of nitrogens with zero attached hydrogens (tertiary/aromatic N) is 2. The van der Waals surface area contributed by atoms with Gasteiger partial charge in [0.15, 0.2) is 0 Å². The second-order valence-electron chi connectivity index (χ2n) is 8.35. The van der Waals surface area contributed by atoms with Crippen molar-refractivity contribution < 1.29 is 14.3 Å². The molecule has 0 radical (unpaired) electrons. The summed E-state index contributed by atoms with van der Waals surface area (Å²) < 4.78 is 5.81. The van der Waals surface area contributed by atoms with Gasteiger partial charge in [0.2, 0.25) is 5.91 Å². The normalized spacial score (nSPS) is 24.3. The maximum atomic E-state index is 12.6. The number of carbonyl (C=O) groups excluding carboxylic acids is 2. The average molecular weight is 373 g/mol. The van der Waals surface area contributed by atoms with Crippen LogP contribution in [0, 0.1) is 0 Å². The molecule has 2 amide bonds. The first-order valence-corrected chi connectivity index (χ1v) is 9.85. The highest BCUT2D eigenvalue weighted by atomic mass is 16.5. The Kier molecular flexibility index (Phi) is 5.86. The van der Waals surface area contributed by atoms with Crippen LogP contribution in [-0.4, -0.2) is 60.6 Å². The van der Waals surface area contributed by atoms with Crippen molar-refractivity contribution in [2.75, 3.05) is 31.1 Å². The van der Waals surface area contributed by atoms with E-state index in [2.05, 4.69) is 37.9 Å². The number of amides is 2. The van der Waals surface area contributed by atoms with E-state index in [1.807, 2.05) is 12.1 Å². The molecule has 2 fully saturated rings. The third-order valence-corrected chi connectivity index (χ3v) is 5.47. The van der Waals surface area contributed by atoms with E-state index in [0.29, 0.717) is 18.5 Å². The summed E-state index contributed by atoms with van der Waals surface area (Å²) in [5, 5.41) is 3.06. The van der Waals surface area contributed by atoms with Gasteiger partial charge in [0, 0.05) is 49.4 Å². The molecule has 1 N–H and O–H groups in total. The minimum Gasteiger partial charge on any atom is -0.373 e. The fraction of sp³-hybridized carbons (Fsp3) is 0.619. The van der Waals surface area contributed by atoms with Crippen LogP contribution in [0.1, 0.15) is 50.9 Å². The predicted molar refractivity (Wildman–Crippen MR) is 106 cm³/mol. The van der Waals surface area contributed by atoms with E-state index in [1.165, 1.54) is 0 Å². The van der Waals surface area contributed by atoms with Gasteiger partial charge < -0.3 is 15.0 Å². The van der Waals surface area contributed by atoms with Crippen molar-refractivity contribution in [1.82, 2.24) is 10.2 Å². The molecule has 27 heavy (non-hydrogen) atoms. The molecule has 6 heteroatoms. The Morgan fingerprint density at radius 3 is 2.37 bits per heavy atom. The summed E-state index contributed by atoms with van der Waals surface area (Å²) in [6.07, 6.45) is 1.90. The number of ether oxygens (including phenoxy) is 1. The molecule has 0 unspecified atom stereocenters. The van der Waals surface area contributed by atoms with Crippen LogP contribution < -0.4 is 10.2 Å². The third kappa shape index (κ3) is 4.68. The van der Waals surface area contributed by atoms with Gasteiger partial charge >= 0.3 is 0 Å². The van der Waals surface area contributed by atoms with Crippen LogP contribution in [0.5, 0.6) is 0 Å². The largest absolute Gasteiger partial charge is 0.373 e. The number of hydrogen-bond donors (Lipinski definition) is 1. The highest BCUT2D eigenvalue weighted by Crippen LogP contribution is 2.23. The first-order valence-electron chi connectivity index (χ1n) is 9.85. The summed E-state index contributed by atoms with van der Waals surface area (Å²) in [4.78, 5) is 28.6. The molecule has 2 heterocycles. The van der Waals surface area contributed by atoms with E-state index in [1.54, 1.807) is 17.0 Å². The second-order valence-corrected chi connectivity index (χ2v) is 8.35. The predicted octanol–water partition coefficient (Wildman–Crippen LogP) is 2.43. The SMILES string of the molecule is C[C@@H]1CN(C(C)(C)CNC(=O)c2ccc(N3CCCC3=O)cc2)C[C@@H](C)O1. The van der Waals surface area contributed by atoms with Crippen LogP contribution in [0.4, 0.5) is 5.69 Å². The Balaban J connectivity index is 1.57. The van der Waals surface area contributed by atoms with Crippen LogP contribution in [-0.2, 0) is 9.53 Å². The maximum Gasteiger partial charge on any atom is 0.251 e. The van der Waals surface area contributed by atoms with Gasteiger partial charge in [-0.05, 0) is 58.4 Å². The van der Waals surface area contributed by atoms with Crippen LogP contribution >= 0.6 is 0 Å². The van der Waals surface area contributed by atoms with Gasteiger partial charge in [-0.2, -0.15) is 0 Å². The summed E-state index contributed by atoms with van der Waals surface area (Å²) in [6, 6.07) is 7.30. The summed E-state index contributed by atoms with van der Waals surface area (Å²) in [6.45, 7) is 11.5. The quantitative estimate of drug-likeness (QED) is 0.861. The van der Waals surface area contributed by atoms with Crippen molar-refractivity contribution in [2.45, 2.75) is 58.3 Å². The smallest absolute Gasteiger partial charge is 0.251 e. The molecule has 0 aromatic heterocycles. The van der Waals surface area contributed by atoms with E-state index in [-0.39, 0.29) is 29.6 Å². The monoisotopic (exact) mass is 373 g/mol. The highest BCUT2D eigenvalue weighted by molar-refractivity contribution is 5.97. The Labute approximate surface area is 161 Å². The van der Waals surface area contributed by atoms with E-state index in [4.69, 9.17) is 4.74 Å². The molecule has 1 aromatic rings. The van der Waals surface area contributed by atoms with Gasteiger partial charge in [-0.15, -0.1) is 0 Å². The Bertz CT molecular complexity index is 676. The van der Waals surface area contributed by atoms with E-state index < -0.39 is 0 Å². The minimum atomic E-state index is -0.149.